The van der Waals surface area contributed by atoms with Crippen molar-refractivity contribution in [1.82, 2.24) is 10.6 Å². The van der Waals surface area contributed by atoms with Crippen molar-refractivity contribution in [1.29, 1.82) is 0 Å². The monoisotopic (exact) mass is 420 g/mol. The van der Waals surface area contributed by atoms with E-state index in [0.29, 0.717) is 18.2 Å². The fourth-order valence-corrected chi connectivity index (χ4v) is 3.53. The Morgan fingerprint density at radius 3 is 3.00 bits per heavy atom. The predicted molar refractivity (Wildman–Crippen MR) is 116 cm³/mol. The maximum atomic E-state index is 6.20. The van der Waals surface area contributed by atoms with E-state index in [2.05, 4.69) is 20.5 Å². The highest BCUT2D eigenvalue weighted by molar-refractivity contribution is 6.30. The summed E-state index contributed by atoms with van der Waals surface area (Å²) < 4.78 is 16.0. The molecule has 8 heteroatoms. The molecule has 1 atom stereocenters. The number of ether oxygens (including phenoxy) is 2. The summed E-state index contributed by atoms with van der Waals surface area (Å²) in [6, 6.07) is 9.86. The van der Waals surface area contributed by atoms with Gasteiger partial charge in [-0.15, -0.1) is 0 Å². The van der Waals surface area contributed by atoms with Crippen LogP contribution in [0.25, 0.3) is 0 Å². The van der Waals surface area contributed by atoms with Crippen LogP contribution in [-0.4, -0.2) is 59.0 Å². The standard InChI is InChI=1S/C21H29ClN4O3/c1-27-13-10-24-21(23-9-7-18-4-3-12-29-18)25-17-8-11-26(15-17)19-14-16(22)5-6-20(19)28-2/h3-6,12,14,17H,7-11,13,15H2,1-2H3,(H2,23,24,25). The first-order valence-corrected chi connectivity index (χ1v) is 10.2. The highest BCUT2D eigenvalue weighted by Gasteiger charge is 2.25. The van der Waals surface area contributed by atoms with Crippen LogP contribution in [0.4, 0.5) is 5.69 Å². The van der Waals surface area contributed by atoms with Crippen LogP contribution < -0.4 is 20.3 Å². The highest BCUT2D eigenvalue weighted by atomic mass is 35.5. The third-order valence-electron chi connectivity index (χ3n) is 4.82. The highest BCUT2D eigenvalue weighted by Crippen LogP contribution is 2.33. The average molecular weight is 421 g/mol. The lowest BCUT2D eigenvalue weighted by Crippen LogP contribution is -2.45. The minimum atomic E-state index is 0.274. The second kappa shape index (κ2) is 11.0. The number of rotatable bonds is 9. The van der Waals surface area contributed by atoms with Gasteiger partial charge in [0.25, 0.3) is 0 Å². The Morgan fingerprint density at radius 1 is 1.34 bits per heavy atom. The van der Waals surface area contributed by atoms with Crippen molar-refractivity contribution < 1.29 is 13.9 Å². The van der Waals surface area contributed by atoms with Crippen LogP contribution in [0.3, 0.4) is 0 Å². The van der Waals surface area contributed by atoms with E-state index in [1.165, 1.54) is 0 Å². The summed E-state index contributed by atoms with van der Waals surface area (Å²) in [5, 5.41) is 7.64. The molecule has 1 aromatic heterocycles. The van der Waals surface area contributed by atoms with Crippen molar-refractivity contribution in [2.75, 3.05) is 51.9 Å². The van der Waals surface area contributed by atoms with Crippen molar-refractivity contribution in [3.63, 3.8) is 0 Å². The molecule has 1 saturated heterocycles. The van der Waals surface area contributed by atoms with E-state index in [-0.39, 0.29) is 6.04 Å². The van der Waals surface area contributed by atoms with Gasteiger partial charge in [-0.1, -0.05) is 11.6 Å². The van der Waals surface area contributed by atoms with E-state index in [1.807, 2.05) is 30.3 Å². The van der Waals surface area contributed by atoms with Gasteiger partial charge >= 0.3 is 0 Å². The number of guanidine groups is 1. The molecule has 1 unspecified atom stereocenters. The molecule has 0 bridgehead atoms. The zero-order chi connectivity index (χ0) is 20.5. The van der Waals surface area contributed by atoms with Crippen LogP contribution >= 0.6 is 11.6 Å². The number of halogens is 1. The van der Waals surface area contributed by atoms with Crippen molar-refractivity contribution in [3.05, 3.63) is 47.4 Å². The number of methoxy groups -OCH3 is 2. The second-order valence-electron chi connectivity index (χ2n) is 6.87. The molecule has 3 rings (SSSR count). The number of nitrogens with one attached hydrogen (secondary N) is 2. The Labute approximate surface area is 177 Å². The smallest absolute Gasteiger partial charge is 0.191 e. The SMILES string of the molecule is COCCN=C(NCCc1ccco1)NC1CCN(c2cc(Cl)ccc2OC)C1. The maximum Gasteiger partial charge on any atom is 0.191 e. The van der Waals surface area contributed by atoms with Crippen molar-refractivity contribution >= 4 is 23.2 Å². The molecule has 1 aliphatic rings. The molecule has 0 radical (unpaired) electrons. The molecule has 0 spiro atoms. The van der Waals surface area contributed by atoms with Gasteiger partial charge < -0.3 is 29.4 Å². The molecular weight excluding hydrogens is 392 g/mol. The summed E-state index contributed by atoms with van der Waals surface area (Å²) >= 11 is 6.20. The molecule has 1 aliphatic heterocycles. The van der Waals surface area contributed by atoms with Gasteiger partial charge in [0.1, 0.15) is 11.5 Å². The van der Waals surface area contributed by atoms with Crippen LogP contribution in [0.5, 0.6) is 5.75 Å². The minimum absolute atomic E-state index is 0.274. The Bertz CT molecular complexity index is 782. The first kappa shape index (κ1) is 21.3. The molecular formula is C21H29ClN4O3. The lowest BCUT2D eigenvalue weighted by Gasteiger charge is -2.22. The van der Waals surface area contributed by atoms with Gasteiger partial charge in [-0.2, -0.15) is 0 Å². The van der Waals surface area contributed by atoms with Crippen LogP contribution in [-0.2, 0) is 11.2 Å². The quantitative estimate of drug-likeness (QED) is 0.369. The zero-order valence-electron chi connectivity index (χ0n) is 17.0. The zero-order valence-corrected chi connectivity index (χ0v) is 17.7. The number of anilines is 1. The molecule has 158 valence electrons. The van der Waals surface area contributed by atoms with E-state index >= 15 is 0 Å². The van der Waals surface area contributed by atoms with Gasteiger partial charge in [0.05, 0.1) is 32.2 Å². The first-order chi connectivity index (χ1) is 14.2. The molecule has 29 heavy (non-hydrogen) atoms. The van der Waals surface area contributed by atoms with Gasteiger partial charge in [-0.05, 0) is 36.8 Å². The van der Waals surface area contributed by atoms with E-state index in [0.717, 1.165) is 55.6 Å². The second-order valence-corrected chi connectivity index (χ2v) is 7.31. The van der Waals surface area contributed by atoms with Crippen molar-refractivity contribution in [3.8, 4) is 5.75 Å². The van der Waals surface area contributed by atoms with Crippen LogP contribution in [0, 0.1) is 0 Å². The molecule has 7 nitrogen and oxygen atoms in total. The number of hydrogen-bond acceptors (Lipinski definition) is 5. The molecule has 1 aromatic carbocycles. The van der Waals surface area contributed by atoms with Gasteiger partial charge in [0, 0.05) is 44.2 Å². The Kier molecular flexibility index (Phi) is 8.07. The Hall–Kier alpha value is -2.38. The average Bonchev–Trinajstić information content (AvgIpc) is 3.40. The van der Waals surface area contributed by atoms with Crippen molar-refractivity contribution in [2.24, 2.45) is 4.99 Å². The summed E-state index contributed by atoms with van der Waals surface area (Å²) in [6.07, 6.45) is 3.49. The fraction of sp³-hybridized carbons (Fsp3) is 0.476. The number of benzene rings is 1. The third-order valence-corrected chi connectivity index (χ3v) is 5.06. The Morgan fingerprint density at radius 2 is 2.24 bits per heavy atom. The number of furan rings is 1. The largest absolute Gasteiger partial charge is 0.495 e. The first-order valence-electron chi connectivity index (χ1n) is 9.84. The summed E-state index contributed by atoms with van der Waals surface area (Å²) in [5.74, 6) is 2.58. The lowest BCUT2D eigenvalue weighted by atomic mass is 10.2. The number of aliphatic imine (C=N–C) groups is 1. The Balaban J connectivity index is 1.57. The van der Waals surface area contributed by atoms with E-state index in [4.69, 9.17) is 25.5 Å². The summed E-state index contributed by atoms with van der Waals surface area (Å²) in [4.78, 5) is 6.91. The molecule has 0 aliphatic carbocycles. The summed E-state index contributed by atoms with van der Waals surface area (Å²) in [5.41, 5.74) is 1.02. The van der Waals surface area contributed by atoms with Gasteiger partial charge in [-0.3, -0.25) is 4.99 Å². The third kappa shape index (κ3) is 6.30. The topological polar surface area (TPSA) is 71.3 Å². The van der Waals surface area contributed by atoms with Gasteiger partial charge in [-0.25, -0.2) is 0 Å². The van der Waals surface area contributed by atoms with Crippen LogP contribution in [0.2, 0.25) is 5.02 Å². The van der Waals surface area contributed by atoms with Crippen molar-refractivity contribution in [2.45, 2.75) is 18.9 Å². The number of hydrogen-bond donors (Lipinski definition) is 2. The molecule has 2 heterocycles. The fourth-order valence-electron chi connectivity index (χ4n) is 3.36. The minimum Gasteiger partial charge on any atom is -0.495 e. The lowest BCUT2D eigenvalue weighted by molar-refractivity contribution is 0.208. The molecule has 2 aromatic rings. The molecule has 0 amide bonds. The summed E-state index contributed by atoms with van der Waals surface area (Å²) in [7, 11) is 3.36. The van der Waals surface area contributed by atoms with Crippen LogP contribution in [0.1, 0.15) is 12.2 Å². The normalized spacial score (nSPS) is 16.9. The maximum absolute atomic E-state index is 6.20. The molecule has 2 N–H and O–H groups in total. The number of nitrogens with zero attached hydrogens (tertiary/aromatic N) is 2. The van der Waals surface area contributed by atoms with E-state index < -0.39 is 0 Å². The molecule has 0 saturated carbocycles. The van der Waals surface area contributed by atoms with Gasteiger partial charge in [0.15, 0.2) is 5.96 Å². The molecule has 1 fully saturated rings. The van der Waals surface area contributed by atoms with Crippen LogP contribution in [0.15, 0.2) is 46.0 Å². The van der Waals surface area contributed by atoms with E-state index in [1.54, 1.807) is 20.5 Å². The van der Waals surface area contributed by atoms with Gasteiger partial charge in [0.2, 0.25) is 0 Å². The van der Waals surface area contributed by atoms with E-state index in [9.17, 15) is 0 Å². The predicted octanol–water partition coefficient (Wildman–Crippen LogP) is 2.94. The summed E-state index contributed by atoms with van der Waals surface area (Å²) in [6.45, 7) is 3.70.